The molecule has 0 N–H and O–H groups in total. The number of aromatic nitrogens is 5. The Kier molecular flexibility index (Phi) is 4.87. The van der Waals surface area contributed by atoms with Gasteiger partial charge in [-0.3, -0.25) is 0 Å². The minimum absolute atomic E-state index is 0.292. The van der Waals surface area contributed by atoms with Crippen LogP contribution in [0.25, 0.3) is 0 Å². The Hall–Kier alpha value is -2.96. The van der Waals surface area contributed by atoms with Crippen LogP contribution in [0.4, 0.5) is 11.6 Å². The lowest BCUT2D eigenvalue weighted by Gasteiger charge is -2.34. The number of fused-ring (bicyclic) bond motifs is 1. The van der Waals surface area contributed by atoms with Gasteiger partial charge >= 0.3 is 0 Å². The zero-order valence-corrected chi connectivity index (χ0v) is 16.9. The summed E-state index contributed by atoms with van der Waals surface area (Å²) in [7, 11) is 0. The summed E-state index contributed by atoms with van der Waals surface area (Å²) in [6.45, 7) is 6.03. The van der Waals surface area contributed by atoms with Gasteiger partial charge in [-0.2, -0.15) is 0 Å². The Balaban J connectivity index is 1.37. The van der Waals surface area contributed by atoms with Crippen LogP contribution in [-0.2, 0) is 13.0 Å². The first-order valence-electron chi connectivity index (χ1n) is 10.6. The van der Waals surface area contributed by atoms with Crippen LogP contribution in [0, 0.1) is 0 Å². The van der Waals surface area contributed by atoms with E-state index >= 15 is 0 Å². The highest BCUT2D eigenvalue weighted by Crippen LogP contribution is 2.28. The molecule has 0 unspecified atom stereocenters. The summed E-state index contributed by atoms with van der Waals surface area (Å²) < 4.78 is 2.30. The number of piperidine rings is 1. The molecule has 2 aromatic heterocycles. The van der Waals surface area contributed by atoms with E-state index in [0.717, 1.165) is 55.9 Å². The molecule has 0 aliphatic carbocycles. The summed E-state index contributed by atoms with van der Waals surface area (Å²) in [4.78, 5) is 13.8. The van der Waals surface area contributed by atoms with Crippen LogP contribution in [0.2, 0.25) is 0 Å². The maximum absolute atomic E-state index is 4.57. The molecule has 0 radical (unpaired) electrons. The lowest BCUT2D eigenvalue weighted by atomic mass is 10.1. The number of hydrogen-bond acceptors (Lipinski definition) is 6. The van der Waals surface area contributed by atoms with Crippen molar-refractivity contribution >= 4 is 11.6 Å². The van der Waals surface area contributed by atoms with E-state index in [-0.39, 0.29) is 0 Å². The molecule has 4 heterocycles. The first-order chi connectivity index (χ1) is 14.3. The summed E-state index contributed by atoms with van der Waals surface area (Å²) in [5, 5.41) is 9.02. The highest BCUT2D eigenvalue weighted by Gasteiger charge is 2.27. The van der Waals surface area contributed by atoms with E-state index in [1.807, 2.05) is 6.07 Å². The summed E-state index contributed by atoms with van der Waals surface area (Å²) in [6.07, 6.45) is 6.31. The zero-order valence-electron chi connectivity index (χ0n) is 16.9. The fourth-order valence-electron chi connectivity index (χ4n) is 4.49. The molecule has 5 rings (SSSR count). The fourth-order valence-corrected chi connectivity index (χ4v) is 4.49. The minimum atomic E-state index is 0.292. The van der Waals surface area contributed by atoms with Crippen molar-refractivity contribution in [2.75, 3.05) is 29.4 Å². The Morgan fingerprint density at radius 3 is 2.48 bits per heavy atom. The van der Waals surface area contributed by atoms with Gasteiger partial charge in [-0.25, -0.2) is 9.97 Å². The maximum Gasteiger partial charge on any atom is 0.152 e. The predicted molar refractivity (Wildman–Crippen MR) is 113 cm³/mol. The van der Waals surface area contributed by atoms with Crippen LogP contribution in [0.3, 0.4) is 0 Å². The second-order valence-electron chi connectivity index (χ2n) is 8.08. The second kappa shape index (κ2) is 7.81. The minimum Gasteiger partial charge on any atom is -0.356 e. The first-order valence-corrected chi connectivity index (χ1v) is 10.6. The molecule has 1 fully saturated rings. The molecule has 7 heteroatoms. The van der Waals surface area contributed by atoms with E-state index in [9.17, 15) is 0 Å². The van der Waals surface area contributed by atoms with Crippen molar-refractivity contribution < 1.29 is 0 Å². The van der Waals surface area contributed by atoms with Gasteiger partial charge < -0.3 is 14.4 Å². The van der Waals surface area contributed by atoms with E-state index in [4.69, 9.17) is 0 Å². The average molecular weight is 390 g/mol. The van der Waals surface area contributed by atoms with E-state index < -0.39 is 0 Å². The molecule has 7 nitrogen and oxygen atoms in total. The largest absolute Gasteiger partial charge is 0.356 e. The Labute approximate surface area is 171 Å². The predicted octanol–water partition coefficient (Wildman–Crippen LogP) is 3.23. The van der Waals surface area contributed by atoms with E-state index in [2.05, 4.69) is 71.8 Å². The van der Waals surface area contributed by atoms with Gasteiger partial charge in [0.15, 0.2) is 5.82 Å². The van der Waals surface area contributed by atoms with Crippen LogP contribution in [0.5, 0.6) is 0 Å². The zero-order chi connectivity index (χ0) is 19.6. The molecule has 1 aromatic carbocycles. The number of benzene rings is 1. The lowest BCUT2D eigenvalue weighted by molar-refractivity contribution is 0.449. The number of hydrogen-bond donors (Lipinski definition) is 0. The molecular weight excluding hydrogens is 362 g/mol. The van der Waals surface area contributed by atoms with Crippen LogP contribution < -0.4 is 9.80 Å². The quantitative estimate of drug-likeness (QED) is 0.683. The third-order valence-electron chi connectivity index (χ3n) is 5.94. The lowest BCUT2D eigenvalue weighted by Crippen LogP contribution is -2.38. The Bertz CT molecular complexity index is 962. The molecule has 1 atom stereocenters. The molecule has 3 aromatic rings. The SMILES string of the molecule is C[C@H]1CN(c2cc(N3CCCCC3)ncn2)Cc2nnc(Cc3ccccc3)n21. The van der Waals surface area contributed by atoms with E-state index in [0.29, 0.717) is 6.04 Å². The highest BCUT2D eigenvalue weighted by atomic mass is 15.4. The second-order valence-corrected chi connectivity index (χ2v) is 8.08. The van der Waals surface area contributed by atoms with Crippen LogP contribution in [0.1, 0.15) is 49.4 Å². The summed E-state index contributed by atoms with van der Waals surface area (Å²) in [6, 6.07) is 12.9. The molecule has 0 amide bonds. The van der Waals surface area contributed by atoms with E-state index in [1.54, 1.807) is 6.33 Å². The molecule has 150 valence electrons. The average Bonchev–Trinajstić information content (AvgIpc) is 3.18. The van der Waals surface area contributed by atoms with Crippen molar-refractivity contribution in [1.29, 1.82) is 0 Å². The van der Waals surface area contributed by atoms with Gasteiger partial charge in [-0.15, -0.1) is 10.2 Å². The molecule has 0 saturated carbocycles. The normalized spacial score (nSPS) is 19.3. The van der Waals surface area contributed by atoms with Crippen LogP contribution in [-0.4, -0.2) is 44.4 Å². The number of anilines is 2. The van der Waals surface area contributed by atoms with Crippen molar-refractivity contribution in [3.63, 3.8) is 0 Å². The summed E-state index contributed by atoms with van der Waals surface area (Å²) in [5.74, 6) is 4.06. The van der Waals surface area contributed by atoms with Crippen LogP contribution in [0.15, 0.2) is 42.7 Å². The fraction of sp³-hybridized carbons (Fsp3) is 0.455. The van der Waals surface area contributed by atoms with Crippen molar-refractivity contribution in [2.45, 2.75) is 45.2 Å². The first kappa shape index (κ1) is 18.1. The topological polar surface area (TPSA) is 63.0 Å². The van der Waals surface area contributed by atoms with Gasteiger partial charge in [0, 0.05) is 32.1 Å². The van der Waals surface area contributed by atoms with Crippen molar-refractivity contribution in [3.05, 3.63) is 59.9 Å². The van der Waals surface area contributed by atoms with Crippen molar-refractivity contribution in [3.8, 4) is 0 Å². The molecule has 29 heavy (non-hydrogen) atoms. The Morgan fingerprint density at radius 1 is 0.931 bits per heavy atom. The molecule has 2 aliphatic rings. The molecule has 0 bridgehead atoms. The smallest absolute Gasteiger partial charge is 0.152 e. The van der Waals surface area contributed by atoms with Gasteiger partial charge in [0.2, 0.25) is 0 Å². The van der Waals surface area contributed by atoms with Gasteiger partial charge in [0.05, 0.1) is 12.6 Å². The molecular formula is C22H27N7. The number of rotatable bonds is 4. The molecule has 2 aliphatic heterocycles. The van der Waals surface area contributed by atoms with E-state index in [1.165, 1.54) is 24.8 Å². The summed E-state index contributed by atoms with van der Waals surface area (Å²) >= 11 is 0. The third-order valence-corrected chi connectivity index (χ3v) is 5.94. The van der Waals surface area contributed by atoms with Gasteiger partial charge in [-0.05, 0) is 31.7 Å². The maximum atomic E-state index is 4.57. The third kappa shape index (κ3) is 3.69. The standard InChI is InChI=1S/C22H27N7/c1-17-14-28(20-13-19(23-16-24-20)27-10-6-3-7-11-27)15-22-26-25-21(29(17)22)12-18-8-4-2-5-9-18/h2,4-5,8-9,13,16-17H,3,6-7,10-12,14-15H2,1H3/t17-/m0/s1. The number of nitrogens with zero attached hydrogens (tertiary/aromatic N) is 7. The van der Waals surface area contributed by atoms with Crippen LogP contribution >= 0.6 is 0 Å². The molecule has 0 spiro atoms. The van der Waals surface area contributed by atoms with Gasteiger partial charge in [-0.1, -0.05) is 30.3 Å². The summed E-state index contributed by atoms with van der Waals surface area (Å²) in [5.41, 5.74) is 1.26. The molecule has 1 saturated heterocycles. The highest BCUT2D eigenvalue weighted by molar-refractivity contribution is 5.51. The van der Waals surface area contributed by atoms with Gasteiger partial charge in [0.1, 0.15) is 23.8 Å². The van der Waals surface area contributed by atoms with Gasteiger partial charge in [0.25, 0.3) is 0 Å². The Morgan fingerprint density at radius 2 is 1.69 bits per heavy atom. The van der Waals surface area contributed by atoms with Crippen molar-refractivity contribution in [1.82, 2.24) is 24.7 Å². The monoisotopic (exact) mass is 389 g/mol. The van der Waals surface area contributed by atoms with Crippen molar-refractivity contribution in [2.24, 2.45) is 0 Å².